The van der Waals surface area contributed by atoms with E-state index in [-0.39, 0.29) is 5.97 Å². The van der Waals surface area contributed by atoms with Gasteiger partial charge in [0.15, 0.2) is 0 Å². The monoisotopic (exact) mass is 444 g/mol. The van der Waals surface area contributed by atoms with Crippen LogP contribution in [0, 0.1) is 0 Å². The predicted octanol–water partition coefficient (Wildman–Crippen LogP) is 7.28. The van der Waals surface area contributed by atoms with Gasteiger partial charge in [-0.15, -0.1) is 0 Å². The molecule has 0 aromatic heterocycles. The Morgan fingerprint density at radius 3 is 1.78 bits per heavy atom. The fourth-order valence-corrected chi connectivity index (χ4v) is 4.42. The molecule has 0 amide bonds. The van der Waals surface area contributed by atoms with E-state index in [4.69, 9.17) is 4.74 Å². The van der Waals surface area contributed by atoms with Gasteiger partial charge in [0.2, 0.25) is 0 Å². The van der Waals surface area contributed by atoms with Crippen LogP contribution in [0.5, 0.6) is 0 Å². The zero-order chi connectivity index (χ0) is 23.5. The number of benzene rings is 1. The number of likely N-dealkylation sites (N-methyl/N-ethyl adjacent to an activating group) is 1. The second kappa shape index (κ2) is 17.9. The fraction of sp³-hybridized carbons (Fsp3) is 0.690. The SMILES string of the molecule is C=CC(=O)OCC[N+](CC)(CC)CCc1ccc(CCCCCCCCCCCC)cc1. The number of esters is 1. The van der Waals surface area contributed by atoms with Crippen LogP contribution in [0.2, 0.25) is 0 Å². The van der Waals surface area contributed by atoms with Crippen LogP contribution in [0.15, 0.2) is 36.9 Å². The summed E-state index contributed by atoms with van der Waals surface area (Å²) in [6.45, 7) is 14.7. The predicted molar refractivity (Wildman–Crippen MR) is 138 cm³/mol. The van der Waals surface area contributed by atoms with E-state index >= 15 is 0 Å². The number of nitrogens with zero attached hydrogens (tertiary/aromatic N) is 1. The van der Waals surface area contributed by atoms with Gasteiger partial charge in [-0.25, -0.2) is 4.79 Å². The van der Waals surface area contributed by atoms with Crippen molar-refractivity contribution in [3.8, 4) is 0 Å². The van der Waals surface area contributed by atoms with Gasteiger partial charge in [0.05, 0.1) is 19.6 Å². The minimum Gasteiger partial charge on any atom is -0.457 e. The summed E-state index contributed by atoms with van der Waals surface area (Å²) in [5.41, 5.74) is 2.88. The highest BCUT2D eigenvalue weighted by atomic mass is 16.5. The third-order valence-electron chi connectivity index (χ3n) is 7.04. The molecule has 182 valence electrons. The van der Waals surface area contributed by atoms with Crippen molar-refractivity contribution in [2.75, 3.05) is 32.8 Å². The lowest BCUT2D eigenvalue weighted by molar-refractivity contribution is -0.924. The molecule has 3 heteroatoms. The summed E-state index contributed by atoms with van der Waals surface area (Å²) in [5.74, 6) is -0.326. The molecule has 1 aromatic rings. The van der Waals surface area contributed by atoms with E-state index in [1.54, 1.807) is 0 Å². The molecule has 0 saturated carbocycles. The summed E-state index contributed by atoms with van der Waals surface area (Å²) < 4.78 is 6.21. The van der Waals surface area contributed by atoms with Gasteiger partial charge < -0.3 is 9.22 Å². The first kappa shape index (κ1) is 28.4. The number of ether oxygens (including phenoxy) is 1. The van der Waals surface area contributed by atoms with Gasteiger partial charge in [0, 0.05) is 12.5 Å². The molecule has 1 aromatic carbocycles. The smallest absolute Gasteiger partial charge is 0.330 e. The van der Waals surface area contributed by atoms with Gasteiger partial charge in [0.25, 0.3) is 0 Å². The van der Waals surface area contributed by atoms with E-state index in [0.29, 0.717) is 6.61 Å². The number of unbranched alkanes of at least 4 members (excludes halogenated alkanes) is 9. The minimum atomic E-state index is -0.326. The molecule has 0 saturated heterocycles. The summed E-state index contributed by atoms with van der Waals surface area (Å²) in [4.78, 5) is 11.3. The lowest BCUT2D eigenvalue weighted by Crippen LogP contribution is -2.51. The summed E-state index contributed by atoms with van der Waals surface area (Å²) in [6, 6.07) is 9.26. The molecule has 0 aliphatic rings. The van der Waals surface area contributed by atoms with E-state index in [1.165, 1.54) is 87.8 Å². The average Bonchev–Trinajstić information content (AvgIpc) is 2.83. The Kier molecular flexibility index (Phi) is 15.9. The molecule has 0 bridgehead atoms. The molecule has 0 heterocycles. The molecule has 0 spiro atoms. The van der Waals surface area contributed by atoms with Crippen LogP contribution >= 0.6 is 0 Å². The number of hydrogen-bond acceptors (Lipinski definition) is 2. The molecule has 32 heavy (non-hydrogen) atoms. The third kappa shape index (κ3) is 12.4. The summed E-state index contributed by atoms with van der Waals surface area (Å²) in [5, 5.41) is 0. The van der Waals surface area contributed by atoms with Crippen molar-refractivity contribution in [2.45, 2.75) is 97.8 Å². The van der Waals surface area contributed by atoms with Crippen molar-refractivity contribution in [1.82, 2.24) is 0 Å². The van der Waals surface area contributed by atoms with E-state index < -0.39 is 0 Å². The van der Waals surface area contributed by atoms with Crippen LogP contribution in [-0.4, -0.2) is 43.2 Å². The fourth-order valence-electron chi connectivity index (χ4n) is 4.42. The molecular formula is C29H50NO2+. The van der Waals surface area contributed by atoms with Crippen LogP contribution in [0.4, 0.5) is 0 Å². The van der Waals surface area contributed by atoms with Crippen molar-refractivity contribution in [2.24, 2.45) is 0 Å². The average molecular weight is 445 g/mol. The van der Waals surface area contributed by atoms with Crippen molar-refractivity contribution in [3.63, 3.8) is 0 Å². The van der Waals surface area contributed by atoms with Crippen LogP contribution in [-0.2, 0) is 22.4 Å². The van der Waals surface area contributed by atoms with Crippen LogP contribution < -0.4 is 0 Å². The molecule has 0 aliphatic carbocycles. The van der Waals surface area contributed by atoms with Gasteiger partial charge in [-0.05, 0) is 37.8 Å². The van der Waals surface area contributed by atoms with Crippen LogP contribution in [0.1, 0.15) is 96.1 Å². The van der Waals surface area contributed by atoms with Crippen LogP contribution in [0.3, 0.4) is 0 Å². The lowest BCUT2D eigenvalue weighted by Gasteiger charge is -2.36. The molecule has 0 unspecified atom stereocenters. The zero-order valence-electron chi connectivity index (χ0n) is 21.4. The lowest BCUT2D eigenvalue weighted by atomic mass is 10.0. The van der Waals surface area contributed by atoms with Gasteiger partial charge in [-0.3, -0.25) is 0 Å². The van der Waals surface area contributed by atoms with Crippen molar-refractivity contribution >= 4 is 5.97 Å². The first-order chi connectivity index (χ1) is 15.6. The van der Waals surface area contributed by atoms with Gasteiger partial charge >= 0.3 is 5.97 Å². The highest BCUT2D eigenvalue weighted by Crippen LogP contribution is 2.15. The minimum absolute atomic E-state index is 0.326. The van der Waals surface area contributed by atoms with E-state index in [2.05, 4.69) is 51.6 Å². The number of quaternary nitrogens is 1. The van der Waals surface area contributed by atoms with E-state index in [0.717, 1.165) is 37.1 Å². The summed E-state index contributed by atoms with van der Waals surface area (Å²) in [6.07, 6.45) is 17.4. The molecule has 0 fully saturated rings. The normalized spacial score (nSPS) is 11.5. The number of rotatable bonds is 20. The number of carbonyl (C=O) groups is 1. The Morgan fingerprint density at radius 2 is 1.28 bits per heavy atom. The number of hydrogen-bond donors (Lipinski definition) is 0. The highest BCUT2D eigenvalue weighted by molar-refractivity contribution is 5.81. The van der Waals surface area contributed by atoms with Crippen molar-refractivity contribution in [1.29, 1.82) is 0 Å². The number of carbonyl (C=O) groups excluding carboxylic acids is 1. The highest BCUT2D eigenvalue weighted by Gasteiger charge is 2.23. The van der Waals surface area contributed by atoms with Gasteiger partial charge in [-0.2, -0.15) is 0 Å². The Labute approximate surface area is 198 Å². The van der Waals surface area contributed by atoms with E-state index in [9.17, 15) is 4.79 Å². The second-order valence-electron chi connectivity index (χ2n) is 9.29. The number of aryl methyl sites for hydroxylation is 1. The van der Waals surface area contributed by atoms with Crippen molar-refractivity contribution < 1.29 is 14.0 Å². The molecule has 1 rings (SSSR count). The molecule has 3 nitrogen and oxygen atoms in total. The Balaban J connectivity index is 2.26. The molecule has 0 atom stereocenters. The Morgan fingerprint density at radius 1 is 0.781 bits per heavy atom. The first-order valence-electron chi connectivity index (χ1n) is 13.3. The maximum absolute atomic E-state index is 11.3. The maximum atomic E-state index is 11.3. The molecular weight excluding hydrogens is 394 g/mol. The second-order valence-corrected chi connectivity index (χ2v) is 9.29. The standard InChI is InChI=1S/C29H50NO2/c1-5-9-10-11-12-13-14-15-16-17-18-27-19-21-28(22-20-27)23-24-30(7-3,8-4)25-26-32-29(31)6-2/h6,19-22H,2,5,7-18,23-26H2,1,3-4H3/q+1. The molecule has 0 aliphatic heterocycles. The molecule has 0 N–H and O–H groups in total. The quantitative estimate of drug-likeness (QED) is 0.0914. The summed E-state index contributed by atoms with van der Waals surface area (Å²) >= 11 is 0. The third-order valence-corrected chi connectivity index (χ3v) is 7.04. The largest absolute Gasteiger partial charge is 0.457 e. The Hall–Kier alpha value is -1.61. The topological polar surface area (TPSA) is 26.3 Å². The maximum Gasteiger partial charge on any atom is 0.330 e. The van der Waals surface area contributed by atoms with Gasteiger partial charge in [-0.1, -0.05) is 95.6 Å². The zero-order valence-corrected chi connectivity index (χ0v) is 21.4. The summed E-state index contributed by atoms with van der Waals surface area (Å²) in [7, 11) is 0. The van der Waals surface area contributed by atoms with Crippen molar-refractivity contribution in [3.05, 3.63) is 48.0 Å². The first-order valence-corrected chi connectivity index (χ1v) is 13.3. The Bertz CT molecular complexity index is 604. The van der Waals surface area contributed by atoms with Gasteiger partial charge in [0.1, 0.15) is 13.2 Å². The van der Waals surface area contributed by atoms with Crippen LogP contribution in [0.25, 0.3) is 0 Å². The molecule has 0 radical (unpaired) electrons. The van der Waals surface area contributed by atoms with E-state index in [1.807, 2.05) is 0 Å².